The summed E-state index contributed by atoms with van der Waals surface area (Å²) in [4.78, 5) is 21.9. The van der Waals surface area contributed by atoms with E-state index in [-0.39, 0.29) is 12.0 Å². The number of likely N-dealkylation sites (N-methyl/N-ethyl adjacent to an activating group) is 1. The van der Waals surface area contributed by atoms with Crippen molar-refractivity contribution < 1.29 is 9.53 Å². The van der Waals surface area contributed by atoms with Gasteiger partial charge in [0.15, 0.2) is 7.28 Å². The number of fused-ring (bicyclic) bond motifs is 1. The van der Waals surface area contributed by atoms with Crippen molar-refractivity contribution in [1.82, 2.24) is 10.3 Å². The molecule has 1 aromatic carbocycles. The Labute approximate surface area is 196 Å². The second kappa shape index (κ2) is 10.6. The number of nitrogens with zero attached hydrogens (tertiary/aromatic N) is 3. The first kappa shape index (κ1) is 22.9. The molecule has 3 heterocycles. The lowest BCUT2D eigenvalue weighted by Crippen LogP contribution is -2.33. The zero-order valence-electron chi connectivity index (χ0n) is 19.5. The number of carbonyl (C=O) groups is 1. The number of benzene rings is 1. The van der Waals surface area contributed by atoms with Gasteiger partial charge < -0.3 is 25.2 Å². The zero-order valence-corrected chi connectivity index (χ0v) is 19.5. The molecule has 0 saturated heterocycles. The molecule has 171 valence electrons. The van der Waals surface area contributed by atoms with Gasteiger partial charge in [0.1, 0.15) is 17.7 Å². The third-order valence-electron chi connectivity index (χ3n) is 5.91. The van der Waals surface area contributed by atoms with Crippen molar-refractivity contribution in [2.24, 2.45) is 0 Å². The smallest absolute Gasteiger partial charge is 0.262 e. The number of aromatic nitrogens is 1. The molecule has 8 heteroatoms. The summed E-state index contributed by atoms with van der Waals surface area (Å²) in [6.45, 7) is 4.96. The van der Waals surface area contributed by atoms with Crippen molar-refractivity contribution in [3.63, 3.8) is 0 Å². The van der Waals surface area contributed by atoms with Crippen LogP contribution in [-0.2, 0) is 0 Å². The second-order valence-corrected chi connectivity index (χ2v) is 8.21. The number of hydrogen-bond donors (Lipinski definition) is 2. The standard InChI is InChI=1S/C25H31BN5O2/c1-4-28-24-16-22-20(17-29-24)25(32)31(14-13-30(22)3)18-7-5-8-19(15-18)33-23(10-12-27-2)21-9-6-11-26-21/h5-9,11,15-17,23,27H,4,10,12-14H2,1-3H3,(H,28,29). The average Bonchev–Trinajstić information content (AvgIpc) is 3.33. The van der Waals surface area contributed by atoms with Crippen LogP contribution < -0.4 is 25.2 Å². The number of allylic oxidation sites excluding steroid dienone is 2. The van der Waals surface area contributed by atoms with Crippen molar-refractivity contribution in [2.45, 2.75) is 19.4 Å². The molecule has 0 spiro atoms. The Balaban J connectivity index is 1.57. The fourth-order valence-electron chi connectivity index (χ4n) is 4.13. The van der Waals surface area contributed by atoms with Gasteiger partial charge in [-0.05, 0) is 39.1 Å². The topological polar surface area (TPSA) is 69.7 Å². The summed E-state index contributed by atoms with van der Waals surface area (Å²) >= 11 is 0. The Morgan fingerprint density at radius 1 is 1.27 bits per heavy atom. The van der Waals surface area contributed by atoms with Crippen LogP contribution in [0, 0.1) is 0 Å². The molecule has 2 aromatic rings. The highest BCUT2D eigenvalue weighted by Gasteiger charge is 2.27. The molecule has 0 saturated carbocycles. The maximum absolute atomic E-state index is 13.5. The lowest BCUT2D eigenvalue weighted by Gasteiger charge is -2.24. The van der Waals surface area contributed by atoms with Gasteiger partial charge in [0.2, 0.25) is 0 Å². The summed E-state index contributed by atoms with van der Waals surface area (Å²) < 4.78 is 6.38. The number of rotatable bonds is 9. The molecule has 2 aliphatic heterocycles. The van der Waals surface area contributed by atoms with Crippen molar-refractivity contribution in [3.05, 3.63) is 65.7 Å². The second-order valence-electron chi connectivity index (χ2n) is 8.21. The van der Waals surface area contributed by atoms with Gasteiger partial charge in [0.05, 0.1) is 11.3 Å². The molecule has 2 aliphatic rings. The quantitative estimate of drug-likeness (QED) is 0.580. The van der Waals surface area contributed by atoms with Crippen LogP contribution in [0.1, 0.15) is 23.7 Å². The fourth-order valence-corrected chi connectivity index (χ4v) is 4.13. The highest BCUT2D eigenvalue weighted by molar-refractivity contribution is 6.52. The molecular formula is C25H31BN5O2. The lowest BCUT2D eigenvalue weighted by atomic mass is 9.70. The largest absolute Gasteiger partial charge is 0.487 e. The number of pyridine rings is 1. The van der Waals surface area contributed by atoms with Crippen molar-refractivity contribution in [2.75, 3.05) is 55.4 Å². The third kappa shape index (κ3) is 5.22. The number of ether oxygens (including phenoxy) is 1. The summed E-state index contributed by atoms with van der Waals surface area (Å²) in [6.07, 6.45) is 6.59. The lowest BCUT2D eigenvalue weighted by molar-refractivity contribution is 0.0990. The fraction of sp³-hybridized carbons (Fsp3) is 0.360. The van der Waals surface area contributed by atoms with Gasteiger partial charge >= 0.3 is 0 Å². The number of anilines is 3. The molecule has 2 N–H and O–H groups in total. The van der Waals surface area contributed by atoms with Crippen LogP contribution in [0.4, 0.5) is 17.2 Å². The molecule has 1 atom stereocenters. The molecule has 1 unspecified atom stereocenters. The van der Waals surface area contributed by atoms with Gasteiger partial charge in [-0.2, -0.15) is 0 Å². The van der Waals surface area contributed by atoms with Crippen LogP contribution in [0.3, 0.4) is 0 Å². The molecule has 0 bridgehead atoms. The molecule has 1 aromatic heterocycles. The first-order chi connectivity index (χ1) is 16.1. The van der Waals surface area contributed by atoms with Crippen molar-refractivity contribution in [3.8, 4) is 5.75 Å². The Hall–Kier alpha value is -3.26. The Morgan fingerprint density at radius 3 is 2.91 bits per heavy atom. The van der Waals surface area contributed by atoms with E-state index >= 15 is 0 Å². The molecule has 1 radical (unpaired) electrons. The molecule has 33 heavy (non-hydrogen) atoms. The van der Waals surface area contributed by atoms with Crippen LogP contribution in [0.25, 0.3) is 0 Å². The van der Waals surface area contributed by atoms with E-state index in [4.69, 9.17) is 4.74 Å². The first-order valence-electron chi connectivity index (χ1n) is 11.5. The SMILES string of the molecule is CCNc1cc2c(cn1)C(=O)N(c1cccc(OC(CCNC)C3=CC=C[B]3)c1)CCN2C. The predicted molar refractivity (Wildman–Crippen MR) is 136 cm³/mol. The van der Waals surface area contributed by atoms with Gasteiger partial charge in [-0.3, -0.25) is 4.79 Å². The number of amides is 1. The summed E-state index contributed by atoms with van der Waals surface area (Å²) in [5, 5.41) is 6.42. The van der Waals surface area contributed by atoms with Crippen molar-refractivity contribution >= 4 is 30.4 Å². The van der Waals surface area contributed by atoms with Crippen LogP contribution in [-0.4, -0.2) is 64.5 Å². The Bertz CT molecular complexity index is 1050. The maximum Gasteiger partial charge on any atom is 0.262 e. The van der Waals surface area contributed by atoms with E-state index in [1.165, 1.54) is 0 Å². The maximum atomic E-state index is 13.5. The van der Waals surface area contributed by atoms with E-state index < -0.39 is 0 Å². The van der Waals surface area contributed by atoms with E-state index in [1.54, 1.807) is 6.20 Å². The number of carbonyl (C=O) groups excluding carboxylic acids is 1. The predicted octanol–water partition coefficient (Wildman–Crippen LogP) is 3.08. The Morgan fingerprint density at radius 2 is 2.15 bits per heavy atom. The van der Waals surface area contributed by atoms with E-state index in [1.807, 2.05) is 68.3 Å². The average molecular weight is 444 g/mol. The van der Waals surface area contributed by atoms with E-state index in [9.17, 15) is 4.79 Å². The van der Waals surface area contributed by atoms with Gasteiger partial charge in [-0.25, -0.2) is 4.98 Å². The molecule has 7 nitrogen and oxygen atoms in total. The molecular weight excluding hydrogens is 413 g/mol. The monoisotopic (exact) mass is 444 g/mol. The molecule has 4 rings (SSSR count). The Kier molecular flexibility index (Phi) is 7.34. The minimum Gasteiger partial charge on any atom is -0.487 e. The van der Waals surface area contributed by atoms with Gasteiger partial charge in [0, 0.05) is 50.7 Å². The highest BCUT2D eigenvalue weighted by atomic mass is 16.5. The summed E-state index contributed by atoms with van der Waals surface area (Å²) in [6, 6.07) is 9.76. The van der Waals surface area contributed by atoms with Crippen LogP contribution in [0.5, 0.6) is 5.75 Å². The van der Waals surface area contributed by atoms with E-state index in [2.05, 4.69) is 33.9 Å². The van der Waals surface area contributed by atoms with E-state index in [0.717, 1.165) is 54.5 Å². The zero-order chi connectivity index (χ0) is 23.2. The third-order valence-corrected chi connectivity index (χ3v) is 5.91. The normalized spacial score (nSPS) is 16.1. The van der Waals surface area contributed by atoms with Gasteiger partial charge in [0.25, 0.3) is 5.91 Å². The molecule has 1 amide bonds. The summed E-state index contributed by atoms with van der Waals surface area (Å²) in [7, 11) is 6.04. The summed E-state index contributed by atoms with van der Waals surface area (Å²) in [5.41, 5.74) is 3.47. The van der Waals surface area contributed by atoms with Gasteiger partial charge in [-0.15, -0.1) is 5.98 Å². The molecule has 0 fully saturated rings. The van der Waals surface area contributed by atoms with Crippen LogP contribution in [0.15, 0.2) is 60.1 Å². The minimum atomic E-state index is -0.0527. The first-order valence-corrected chi connectivity index (χ1v) is 11.5. The number of nitrogens with one attached hydrogen (secondary N) is 2. The molecule has 0 aliphatic carbocycles. The van der Waals surface area contributed by atoms with E-state index in [0.29, 0.717) is 12.1 Å². The summed E-state index contributed by atoms with van der Waals surface area (Å²) in [5.74, 6) is 3.51. The minimum absolute atomic E-state index is 0.0511. The van der Waals surface area contributed by atoms with Crippen LogP contribution >= 0.6 is 0 Å². The number of hydrogen-bond acceptors (Lipinski definition) is 6. The van der Waals surface area contributed by atoms with Crippen molar-refractivity contribution in [1.29, 1.82) is 0 Å². The van der Waals surface area contributed by atoms with Gasteiger partial charge in [-0.1, -0.05) is 23.7 Å². The highest BCUT2D eigenvalue weighted by Crippen LogP contribution is 2.31. The van der Waals surface area contributed by atoms with Crippen LogP contribution in [0.2, 0.25) is 0 Å².